The summed E-state index contributed by atoms with van der Waals surface area (Å²) in [5, 5.41) is 0. The molecule has 1 nitrogen and oxygen atoms in total. The molecule has 4 aliphatic rings. The second kappa shape index (κ2) is 21.8. The van der Waals surface area contributed by atoms with Crippen LogP contribution < -0.4 is 0 Å². The molecule has 0 atom stereocenters. The van der Waals surface area contributed by atoms with Gasteiger partial charge in [-0.15, -0.1) is 0 Å². The average Bonchev–Trinajstić information content (AvgIpc) is 3.19. The molecule has 0 N–H and O–H groups in total. The molecule has 0 spiro atoms. The van der Waals surface area contributed by atoms with Crippen molar-refractivity contribution in [3.8, 4) is 0 Å². The van der Waals surface area contributed by atoms with Crippen LogP contribution in [0.3, 0.4) is 0 Å². The van der Waals surface area contributed by atoms with Crippen molar-refractivity contribution >= 4 is 0 Å². The summed E-state index contributed by atoms with van der Waals surface area (Å²) in [5.41, 5.74) is 1.52. The Morgan fingerprint density at radius 2 is 0.673 bits per heavy atom. The van der Waals surface area contributed by atoms with Crippen LogP contribution in [0.5, 0.6) is 0 Å². The molecule has 6 rings (SSSR count). The van der Waals surface area contributed by atoms with Crippen LogP contribution in [-0.4, -0.2) is 13.2 Å². The first-order valence-corrected chi connectivity index (χ1v) is 23.3. The highest BCUT2D eigenvalue weighted by molar-refractivity contribution is 5.28. The van der Waals surface area contributed by atoms with Crippen LogP contribution in [0.4, 0.5) is 17.6 Å². The predicted octanol–water partition coefficient (Wildman–Crippen LogP) is 14.7. The van der Waals surface area contributed by atoms with Crippen molar-refractivity contribution in [1.82, 2.24) is 0 Å². The molecule has 4 fully saturated rings. The first-order chi connectivity index (χ1) is 26.8. The lowest BCUT2D eigenvalue weighted by molar-refractivity contribution is 0.137. The number of halogens is 4. The molecule has 0 aromatic heterocycles. The van der Waals surface area contributed by atoms with Crippen LogP contribution in [-0.2, 0) is 30.4 Å². The molecule has 0 heterocycles. The van der Waals surface area contributed by atoms with Crippen molar-refractivity contribution in [3.63, 3.8) is 0 Å². The highest BCUT2D eigenvalue weighted by atomic mass is 19.1. The molecule has 5 heteroatoms. The van der Waals surface area contributed by atoms with Crippen LogP contribution in [0.2, 0.25) is 0 Å². The minimum absolute atomic E-state index is 0.0302. The standard InChI is InChI=1S/C50H74F4O/c1-3-5-35-11-19-41(20-12-35)43-23-15-37(16-24-43)7-9-39-31-47(51)45(48(52)32-39)27-29-55-30-28-46-49(53)33-40(34-50(46)54)10-8-38-17-25-44(26-18-38)42-21-13-36(6-4-2)14-22-42/h31-38,41-44H,3-30H2,1-2H3. The Morgan fingerprint density at radius 3 is 0.945 bits per heavy atom. The van der Waals surface area contributed by atoms with E-state index < -0.39 is 23.3 Å². The van der Waals surface area contributed by atoms with Gasteiger partial charge in [-0.2, -0.15) is 0 Å². The molecule has 55 heavy (non-hydrogen) atoms. The molecule has 4 aliphatic carbocycles. The van der Waals surface area contributed by atoms with E-state index in [1.807, 2.05) is 0 Å². The van der Waals surface area contributed by atoms with E-state index in [-0.39, 0.29) is 37.2 Å². The van der Waals surface area contributed by atoms with Gasteiger partial charge >= 0.3 is 0 Å². The van der Waals surface area contributed by atoms with E-state index in [2.05, 4.69) is 13.8 Å². The van der Waals surface area contributed by atoms with E-state index in [0.717, 1.165) is 59.5 Å². The third kappa shape index (κ3) is 12.6. The monoisotopic (exact) mass is 767 g/mol. The van der Waals surface area contributed by atoms with Gasteiger partial charge in [-0.3, -0.25) is 0 Å². The molecule has 0 aliphatic heterocycles. The van der Waals surface area contributed by atoms with Gasteiger partial charge in [0, 0.05) is 24.0 Å². The summed E-state index contributed by atoms with van der Waals surface area (Å²) in [6, 6.07) is 5.98. The molecule has 0 bridgehead atoms. The Labute approximate surface area is 332 Å². The van der Waals surface area contributed by atoms with Gasteiger partial charge in [0.2, 0.25) is 0 Å². The van der Waals surface area contributed by atoms with Gasteiger partial charge in [0.15, 0.2) is 0 Å². The fourth-order valence-electron chi connectivity index (χ4n) is 11.9. The zero-order valence-corrected chi connectivity index (χ0v) is 34.6. The second-order valence-electron chi connectivity index (χ2n) is 19.0. The molecule has 4 saturated carbocycles. The maximum absolute atomic E-state index is 15.0. The van der Waals surface area contributed by atoms with Crippen molar-refractivity contribution in [3.05, 3.63) is 69.8 Å². The van der Waals surface area contributed by atoms with Crippen LogP contribution in [0.15, 0.2) is 24.3 Å². The summed E-state index contributed by atoms with van der Waals surface area (Å²) in [7, 11) is 0. The zero-order chi connectivity index (χ0) is 38.6. The Hall–Kier alpha value is -1.88. The van der Waals surface area contributed by atoms with Gasteiger partial charge in [-0.05, 0) is 160 Å². The van der Waals surface area contributed by atoms with Gasteiger partial charge in [0.1, 0.15) is 23.3 Å². The number of rotatable bonds is 18. The van der Waals surface area contributed by atoms with Crippen LogP contribution in [0, 0.1) is 70.6 Å². The molecule has 0 amide bonds. The van der Waals surface area contributed by atoms with Gasteiger partial charge < -0.3 is 4.74 Å². The highest BCUT2D eigenvalue weighted by Crippen LogP contribution is 2.44. The van der Waals surface area contributed by atoms with E-state index in [1.54, 1.807) is 0 Å². The smallest absolute Gasteiger partial charge is 0.129 e. The molecule has 2 aromatic carbocycles. The lowest BCUT2D eigenvalue weighted by Crippen LogP contribution is -2.26. The van der Waals surface area contributed by atoms with Gasteiger partial charge in [0.05, 0.1) is 13.2 Å². The first-order valence-electron chi connectivity index (χ1n) is 23.3. The summed E-state index contributed by atoms with van der Waals surface area (Å²) in [6.07, 6.45) is 30.6. The number of ether oxygens (including phenoxy) is 1. The highest BCUT2D eigenvalue weighted by Gasteiger charge is 2.32. The fraction of sp³-hybridized carbons (Fsp3) is 0.760. The number of aryl methyl sites for hydroxylation is 2. The number of hydrogen-bond donors (Lipinski definition) is 0. The average molecular weight is 767 g/mol. The van der Waals surface area contributed by atoms with Crippen molar-refractivity contribution in [1.29, 1.82) is 0 Å². The Bertz CT molecular complexity index is 1270. The lowest BCUT2D eigenvalue weighted by Gasteiger charge is -2.38. The molecule has 0 radical (unpaired) electrons. The summed E-state index contributed by atoms with van der Waals surface area (Å²) in [5.74, 6) is 4.73. The largest absolute Gasteiger partial charge is 0.381 e. The van der Waals surface area contributed by atoms with E-state index in [0.29, 0.717) is 24.7 Å². The summed E-state index contributed by atoms with van der Waals surface area (Å²) < 4.78 is 65.8. The van der Waals surface area contributed by atoms with Crippen LogP contribution >= 0.6 is 0 Å². The normalized spacial score (nSPS) is 29.1. The van der Waals surface area contributed by atoms with E-state index in [9.17, 15) is 0 Å². The predicted molar refractivity (Wildman–Crippen MR) is 219 cm³/mol. The van der Waals surface area contributed by atoms with Gasteiger partial charge in [-0.25, -0.2) is 17.6 Å². The van der Waals surface area contributed by atoms with Crippen molar-refractivity contribution in [2.75, 3.05) is 13.2 Å². The van der Waals surface area contributed by atoms with Crippen LogP contribution in [0.25, 0.3) is 0 Å². The minimum atomic E-state index is -0.522. The quantitative estimate of drug-likeness (QED) is 0.108. The summed E-state index contributed by atoms with van der Waals surface area (Å²) in [6.45, 7) is 4.81. The lowest BCUT2D eigenvalue weighted by atomic mass is 9.68. The van der Waals surface area contributed by atoms with Crippen molar-refractivity contribution in [2.45, 2.75) is 181 Å². The van der Waals surface area contributed by atoms with Crippen molar-refractivity contribution in [2.24, 2.45) is 47.3 Å². The maximum atomic E-state index is 15.0. The summed E-state index contributed by atoms with van der Waals surface area (Å²) in [4.78, 5) is 0. The number of hydrogen-bond acceptors (Lipinski definition) is 1. The van der Waals surface area contributed by atoms with E-state index in [4.69, 9.17) is 4.74 Å². The molecular formula is C50H74F4O. The Morgan fingerprint density at radius 1 is 0.400 bits per heavy atom. The van der Waals surface area contributed by atoms with Crippen LogP contribution in [0.1, 0.15) is 177 Å². The van der Waals surface area contributed by atoms with Crippen molar-refractivity contribution < 1.29 is 22.3 Å². The molecular weight excluding hydrogens is 693 g/mol. The van der Waals surface area contributed by atoms with E-state index in [1.165, 1.54) is 153 Å². The van der Waals surface area contributed by atoms with E-state index >= 15 is 17.6 Å². The SMILES string of the molecule is CCCC1CCC(C2CCC(CCc3cc(F)c(CCOCCc4c(F)cc(CCC5CCC(C6CCC(CCC)CC6)CC5)cc4F)c(F)c3)CC2)CC1. The maximum Gasteiger partial charge on any atom is 0.129 e. The Kier molecular flexibility index (Phi) is 16.9. The zero-order valence-electron chi connectivity index (χ0n) is 34.6. The Balaban J connectivity index is 0.851. The molecule has 0 unspecified atom stereocenters. The minimum Gasteiger partial charge on any atom is -0.381 e. The second-order valence-corrected chi connectivity index (χ2v) is 19.0. The third-order valence-electron chi connectivity index (χ3n) is 15.4. The first kappa shape index (κ1) is 42.7. The molecule has 0 saturated heterocycles. The molecule has 2 aromatic rings. The summed E-state index contributed by atoms with van der Waals surface area (Å²) >= 11 is 0. The third-order valence-corrected chi connectivity index (χ3v) is 15.4. The fourth-order valence-corrected chi connectivity index (χ4v) is 11.9. The number of benzene rings is 2. The van der Waals surface area contributed by atoms with Gasteiger partial charge in [0.25, 0.3) is 0 Å². The van der Waals surface area contributed by atoms with Gasteiger partial charge in [-0.1, -0.05) is 90.9 Å². The molecule has 308 valence electrons. The topological polar surface area (TPSA) is 9.23 Å².